The van der Waals surface area contributed by atoms with Crippen molar-refractivity contribution in [3.8, 4) is 0 Å². The van der Waals surface area contributed by atoms with Crippen LogP contribution >= 0.6 is 0 Å². The number of aryl methyl sites for hydroxylation is 3. The fraction of sp³-hybridized carbons (Fsp3) is 0.364. The molecule has 2 aromatic heterocycles. The summed E-state index contributed by atoms with van der Waals surface area (Å²) in [6, 6.07) is 5.75. The second-order valence-electron chi connectivity index (χ2n) is 7.23. The number of ketones is 1. The fourth-order valence-electron chi connectivity index (χ4n) is 3.85. The van der Waals surface area contributed by atoms with Crippen LogP contribution in [0.15, 0.2) is 33.7 Å². The summed E-state index contributed by atoms with van der Waals surface area (Å²) in [7, 11) is 0. The van der Waals surface area contributed by atoms with Crippen molar-refractivity contribution in [2.45, 2.75) is 46.1 Å². The Kier molecular flexibility index (Phi) is 5.05. The Morgan fingerprint density at radius 3 is 2.72 bits per heavy atom. The van der Waals surface area contributed by atoms with Gasteiger partial charge >= 0.3 is 5.97 Å². The molecule has 29 heavy (non-hydrogen) atoms. The average molecular weight is 394 g/mol. The van der Waals surface area contributed by atoms with Gasteiger partial charge < -0.3 is 9.15 Å². The molecule has 4 rings (SSSR count). The van der Waals surface area contributed by atoms with Gasteiger partial charge in [-0.15, -0.1) is 0 Å². The summed E-state index contributed by atoms with van der Waals surface area (Å²) in [5.41, 5.74) is 2.70. The average Bonchev–Trinajstić information content (AvgIpc) is 3.06. The minimum Gasteiger partial charge on any atom is -0.462 e. The summed E-state index contributed by atoms with van der Waals surface area (Å²) in [5.74, 6) is -0.553. The van der Waals surface area contributed by atoms with Crippen LogP contribution in [-0.4, -0.2) is 27.9 Å². The highest BCUT2D eigenvalue weighted by Crippen LogP contribution is 2.23. The molecule has 1 aromatic carbocycles. The quantitative estimate of drug-likeness (QED) is 0.487. The lowest BCUT2D eigenvalue weighted by atomic mass is 9.90. The van der Waals surface area contributed by atoms with Gasteiger partial charge in [-0.1, -0.05) is 12.1 Å². The second kappa shape index (κ2) is 7.66. The fourth-order valence-corrected chi connectivity index (χ4v) is 3.85. The number of furan rings is 1. The molecular formula is C22H22N2O5. The third kappa shape index (κ3) is 3.48. The minimum atomic E-state index is -0.638. The zero-order chi connectivity index (χ0) is 20.5. The lowest BCUT2D eigenvalue weighted by Gasteiger charge is -2.16. The maximum atomic E-state index is 13.0. The normalized spacial score (nSPS) is 13.3. The van der Waals surface area contributed by atoms with Gasteiger partial charge in [-0.2, -0.15) is 0 Å². The van der Waals surface area contributed by atoms with E-state index in [9.17, 15) is 14.4 Å². The second-order valence-corrected chi connectivity index (χ2v) is 7.23. The van der Waals surface area contributed by atoms with E-state index in [0.717, 1.165) is 19.3 Å². The van der Waals surface area contributed by atoms with E-state index < -0.39 is 11.5 Å². The number of fused-ring (bicyclic) bond motifs is 2. The third-order valence-corrected chi connectivity index (χ3v) is 5.32. The number of hydrogen-bond acceptors (Lipinski definition) is 6. The number of benzene rings is 1. The molecule has 7 heteroatoms. The zero-order valence-corrected chi connectivity index (χ0v) is 16.5. The van der Waals surface area contributed by atoms with Crippen molar-refractivity contribution >= 4 is 22.9 Å². The van der Waals surface area contributed by atoms with E-state index in [-0.39, 0.29) is 41.4 Å². The van der Waals surface area contributed by atoms with Crippen LogP contribution in [0.2, 0.25) is 0 Å². The number of ether oxygens (including phenoxy) is 1. The lowest BCUT2D eigenvalue weighted by Crippen LogP contribution is -2.25. The minimum absolute atomic E-state index is 0.0432. The Morgan fingerprint density at radius 2 is 1.97 bits per heavy atom. The topological polar surface area (TPSA) is 91.4 Å². The van der Waals surface area contributed by atoms with Gasteiger partial charge in [0.1, 0.15) is 23.0 Å². The first kappa shape index (κ1) is 19.1. The molecule has 3 aromatic rings. The molecule has 1 aliphatic rings. The van der Waals surface area contributed by atoms with Crippen molar-refractivity contribution < 1.29 is 18.7 Å². The Hall–Kier alpha value is -3.22. The smallest absolute Gasteiger partial charge is 0.342 e. The van der Waals surface area contributed by atoms with Crippen LogP contribution in [0.5, 0.6) is 0 Å². The van der Waals surface area contributed by atoms with Crippen LogP contribution in [0.25, 0.3) is 11.1 Å². The van der Waals surface area contributed by atoms with Crippen LogP contribution in [0.4, 0.5) is 0 Å². The molecule has 0 amide bonds. The Morgan fingerprint density at radius 1 is 1.21 bits per heavy atom. The lowest BCUT2D eigenvalue weighted by molar-refractivity contribution is 0.0526. The molecule has 0 saturated carbocycles. The molecular weight excluding hydrogens is 372 g/mol. The van der Waals surface area contributed by atoms with Crippen LogP contribution < -0.4 is 5.56 Å². The highest BCUT2D eigenvalue weighted by molar-refractivity contribution is 6.03. The van der Waals surface area contributed by atoms with Crippen molar-refractivity contribution in [2.75, 3.05) is 6.61 Å². The van der Waals surface area contributed by atoms with Gasteiger partial charge in [0.2, 0.25) is 5.71 Å². The number of aromatic nitrogens is 2. The number of esters is 1. The van der Waals surface area contributed by atoms with E-state index in [1.807, 2.05) is 18.2 Å². The summed E-state index contributed by atoms with van der Waals surface area (Å²) < 4.78 is 11.7. The number of hydrogen-bond donors (Lipinski definition) is 0. The Labute approximate surface area is 167 Å². The number of carbonyl (C=O) groups excluding carboxylic acids is 2. The van der Waals surface area contributed by atoms with E-state index in [2.05, 4.69) is 4.98 Å². The predicted molar refractivity (Wildman–Crippen MR) is 106 cm³/mol. The molecule has 0 atom stereocenters. The largest absolute Gasteiger partial charge is 0.462 e. The Balaban J connectivity index is 1.69. The van der Waals surface area contributed by atoms with Crippen molar-refractivity contribution in [3.63, 3.8) is 0 Å². The summed E-state index contributed by atoms with van der Waals surface area (Å²) in [6.07, 6.45) is 5.59. The molecule has 0 saturated heterocycles. The van der Waals surface area contributed by atoms with E-state index in [0.29, 0.717) is 5.56 Å². The highest BCUT2D eigenvalue weighted by Gasteiger charge is 2.24. The van der Waals surface area contributed by atoms with Crippen molar-refractivity contribution in [2.24, 2.45) is 0 Å². The summed E-state index contributed by atoms with van der Waals surface area (Å²) in [5, 5.41) is 0.0432. The Bertz CT molecular complexity index is 1170. The maximum absolute atomic E-state index is 13.0. The highest BCUT2D eigenvalue weighted by atomic mass is 16.5. The molecule has 0 fully saturated rings. The van der Waals surface area contributed by atoms with Gasteiger partial charge in [0.15, 0.2) is 5.78 Å². The summed E-state index contributed by atoms with van der Waals surface area (Å²) >= 11 is 0. The standard InChI is InChI=1S/C22H22N2O5/c1-3-28-22(27)18-13(2)29-20-19(18)21(26)24(12-23-20)11-17(25)16-9-8-14-6-4-5-7-15(14)10-16/h8-10,12H,3-7,11H2,1-2H3. The molecule has 0 bridgehead atoms. The van der Waals surface area contributed by atoms with Crippen LogP contribution in [0.1, 0.15) is 57.4 Å². The van der Waals surface area contributed by atoms with Crippen LogP contribution in [-0.2, 0) is 24.1 Å². The van der Waals surface area contributed by atoms with E-state index in [4.69, 9.17) is 9.15 Å². The van der Waals surface area contributed by atoms with Crippen molar-refractivity contribution in [3.05, 3.63) is 62.9 Å². The number of carbonyl (C=O) groups is 2. The van der Waals surface area contributed by atoms with Gasteiger partial charge in [-0.3, -0.25) is 14.2 Å². The molecule has 1 aliphatic carbocycles. The van der Waals surface area contributed by atoms with Crippen LogP contribution in [0, 0.1) is 6.92 Å². The molecule has 2 heterocycles. The van der Waals surface area contributed by atoms with Gasteiger partial charge in [0.05, 0.1) is 13.2 Å². The molecule has 7 nitrogen and oxygen atoms in total. The molecule has 0 aliphatic heterocycles. The molecule has 0 unspecified atom stereocenters. The SMILES string of the molecule is CCOC(=O)c1c(C)oc2ncn(CC(=O)c3ccc4c(c3)CCCC4)c(=O)c12. The molecule has 0 N–H and O–H groups in total. The van der Waals surface area contributed by atoms with Crippen molar-refractivity contribution in [1.82, 2.24) is 9.55 Å². The molecule has 0 radical (unpaired) electrons. The number of nitrogens with zero attached hydrogens (tertiary/aromatic N) is 2. The zero-order valence-electron chi connectivity index (χ0n) is 16.5. The number of rotatable bonds is 5. The predicted octanol–water partition coefficient (Wildman–Crippen LogP) is 3.24. The van der Waals surface area contributed by atoms with Crippen molar-refractivity contribution in [1.29, 1.82) is 0 Å². The first-order valence-electron chi connectivity index (χ1n) is 9.80. The first-order chi connectivity index (χ1) is 14.0. The summed E-state index contributed by atoms with van der Waals surface area (Å²) in [4.78, 5) is 42.2. The van der Waals surface area contributed by atoms with E-state index in [1.54, 1.807) is 13.8 Å². The van der Waals surface area contributed by atoms with Gasteiger partial charge in [0.25, 0.3) is 5.56 Å². The van der Waals surface area contributed by atoms with Gasteiger partial charge in [0, 0.05) is 5.56 Å². The van der Waals surface area contributed by atoms with Gasteiger partial charge in [-0.05, 0) is 56.7 Å². The van der Waals surface area contributed by atoms with E-state index in [1.165, 1.54) is 28.4 Å². The first-order valence-corrected chi connectivity index (χ1v) is 9.80. The third-order valence-electron chi connectivity index (χ3n) is 5.32. The van der Waals surface area contributed by atoms with Gasteiger partial charge in [-0.25, -0.2) is 9.78 Å². The summed E-state index contributed by atoms with van der Waals surface area (Å²) in [6.45, 7) is 3.28. The molecule has 0 spiro atoms. The number of Topliss-reactive ketones (excluding diaryl/α,β-unsaturated/α-hetero) is 1. The van der Waals surface area contributed by atoms with E-state index >= 15 is 0 Å². The van der Waals surface area contributed by atoms with Crippen LogP contribution in [0.3, 0.4) is 0 Å². The molecule has 150 valence electrons. The monoisotopic (exact) mass is 394 g/mol. The maximum Gasteiger partial charge on any atom is 0.342 e.